The van der Waals surface area contributed by atoms with Crippen molar-refractivity contribution in [2.45, 2.75) is 13.5 Å². The molecular weight excluding hydrogens is 206 g/mol. The number of aromatic nitrogens is 1. The Morgan fingerprint density at radius 1 is 1.47 bits per heavy atom. The summed E-state index contributed by atoms with van der Waals surface area (Å²) in [6, 6.07) is 7.72. The Morgan fingerprint density at radius 2 is 2.33 bits per heavy atom. The first-order chi connectivity index (χ1) is 7.24. The smallest absolute Gasteiger partial charge is 0.112 e. The zero-order valence-corrected chi connectivity index (χ0v) is 9.34. The van der Waals surface area contributed by atoms with Crippen LogP contribution < -0.4 is 11.1 Å². The second kappa shape index (κ2) is 4.31. The van der Waals surface area contributed by atoms with Crippen molar-refractivity contribution in [3.05, 3.63) is 40.3 Å². The van der Waals surface area contributed by atoms with Crippen molar-refractivity contribution in [3.8, 4) is 0 Å². The Bertz CT molecular complexity index is 451. The van der Waals surface area contributed by atoms with Crippen LogP contribution in [0.3, 0.4) is 0 Å². The normalized spacial score (nSPS) is 10.2. The zero-order valence-electron chi connectivity index (χ0n) is 8.53. The average Bonchev–Trinajstić information content (AvgIpc) is 2.62. The number of hydrogen-bond donors (Lipinski definition) is 2. The van der Waals surface area contributed by atoms with E-state index in [1.165, 1.54) is 0 Å². The van der Waals surface area contributed by atoms with Gasteiger partial charge in [-0.25, -0.2) is 4.98 Å². The van der Waals surface area contributed by atoms with Crippen LogP contribution >= 0.6 is 11.3 Å². The van der Waals surface area contributed by atoms with Crippen LogP contribution in [0.2, 0.25) is 0 Å². The number of rotatable bonds is 3. The number of nitrogens with one attached hydrogen (secondary N) is 1. The highest BCUT2D eigenvalue weighted by Crippen LogP contribution is 2.14. The molecule has 1 heterocycles. The number of thiazole rings is 1. The van der Waals surface area contributed by atoms with Crippen LogP contribution in [0, 0.1) is 6.92 Å². The predicted molar refractivity (Wildman–Crippen MR) is 65.0 cm³/mol. The van der Waals surface area contributed by atoms with E-state index in [0.717, 1.165) is 28.6 Å². The first-order valence-corrected chi connectivity index (χ1v) is 5.62. The molecule has 0 amide bonds. The second-order valence-electron chi connectivity index (χ2n) is 3.36. The summed E-state index contributed by atoms with van der Waals surface area (Å²) in [5, 5.41) is 6.43. The third-order valence-corrected chi connectivity index (χ3v) is 2.96. The van der Waals surface area contributed by atoms with Crippen molar-refractivity contribution in [2.24, 2.45) is 0 Å². The van der Waals surface area contributed by atoms with Crippen molar-refractivity contribution in [2.75, 3.05) is 11.1 Å². The molecule has 0 aliphatic rings. The number of hydrogen-bond acceptors (Lipinski definition) is 4. The van der Waals surface area contributed by atoms with Gasteiger partial charge in [0.2, 0.25) is 0 Å². The van der Waals surface area contributed by atoms with Gasteiger partial charge < -0.3 is 11.1 Å². The van der Waals surface area contributed by atoms with Crippen LogP contribution in [-0.2, 0) is 6.54 Å². The highest BCUT2D eigenvalue weighted by molar-refractivity contribution is 7.09. The molecule has 0 aliphatic heterocycles. The van der Waals surface area contributed by atoms with E-state index in [-0.39, 0.29) is 0 Å². The first-order valence-electron chi connectivity index (χ1n) is 4.74. The van der Waals surface area contributed by atoms with E-state index < -0.39 is 0 Å². The topological polar surface area (TPSA) is 50.9 Å². The van der Waals surface area contributed by atoms with Gasteiger partial charge in [0.1, 0.15) is 5.01 Å². The van der Waals surface area contributed by atoms with E-state index in [1.807, 2.05) is 31.2 Å². The van der Waals surface area contributed by atoms with Gasteiger partial charge in [0.15, 0.2) is 0 Å². The molecule has 0 radical (unpaired) electrons. The van der Waals surface area contributed by atoms with Crippen molar-refractivity contribution in [3.63, 3.8) is 0 Å². The molecule has 15 heavy (non-hydrogen) atoms. The van der Waals surface area contributed by atoms with E-state index in [4.69, 9.17) is 5.73 Å². The fraction of sp³-hybridized carbons (Fsp3) is 0.182. The van der Waals surface area contributed by atoms with Gasteiger partial charge in [-0.05, 0) is 25.1 Å². The molecule has 0 spiro atoms. The molecule has 2 aromatic rings. The Kier molecular flexibility index (Phi) is 2.87. The largest absolute Gasteiger partial charge is 0.399 e. The molecular formula is C11H13N3S. The molecule has 4 heteroatoms. The van der Waals surface area contributed by atoms with Gasteiger partial charge in [0.05, 0.1) is 6.54 Å². The Balaban J connectivity index is 1.99. The minimum Gasteiger partial charge on any atom is -0.399 e. The molecule has 3 nitrogen and oxygen atoms in total. The quantitative estimate of drug-likeness (QED) is 0.780. The third-order valence-electron chi connectivity index (χ3n) is 2.00. The van der Waals surface area contributed by atoms with E-state index in [1.54, 1.807) is 11.3 Å². The minimum atomic E-state index is 0.752. The van der Waals surface area contributed by atoms with Gasteiger partial charge in [-0.2, -0.15) is 0 Å². The average molecular weight is 219 g/mol. The molecule has 0 bridgehead atoms. The molecule has 0 fully saturated rings. The molecule has 1 aromatic carbocycles. The summed E-state index contributed by atoms with van der Waals surface area (Å²) in [5.41, 5.74) is 8.56. The molecule has 0 atom stereocenters. The van der Waals surface area contributed by atoms with Crippen LogP contribution in [0.25, 0.3) is 0 Å². The molecule has 0 unspecified atom stereocenters. The molecule has 78 valence electrons. The fourth-order valence-corrected chi connectivity index (χ4v) is 2.02. The number of nitrogens with two attached hydrogens (primary N) is 1. The standard InChI is InChI=1S/C11H13N3S/c1-8-7-15-11(14-8)6-13-10-4-2-3-9(12)5-10/h2-5,7,13H,6,12H2,1H3. The number of benzene rings is 1. The summed E-state index contributed by atoms with van der Waals surface area (Å²) in [6.07, 6.45) is 0. The maximum atomic E-state index is 5.68. The lowest BCUT2D eigenvalue weighted by atomic mass is 10.3. The van der Waals surface area contributed by atoms with Gasteiger partial charge in [-0.3, -0.25) is 0 Å². The molecule has 2 rings (SSSR count). The van der Waals surface area contributed by atoms with Gasteiger partial charge >= 0.3 is 0 Å². The lowest BCUT2D eigenvalue weighted by Gasteiger charge is -2.04. The summed E-state index contributed by atoms with van der Waals surface area (Å²) in [4.78, 5) is 4.37. The first kappa shape index (κ1) is 9.98. The summed E-state index contributed by atoms with van der Waals surface area (Å²) in [6.45, 7) is 2.75. The Hall–Kier alpha value is -1.55. The van der Waals surface area contributed by atoms with Crippen molar-refractivity contribution in [1.82, 2.24) is 4.98 Å². The van der Waals surface area contributed by atoms with E-state index >= 15 is 0 Å². The van der Waals surface area contributed by atoms with E-state index in [2.05, 4.69) is 15.7 Å². The molecule has 0 saturated heterocycles. The van der Waals surface area contributed by atoms with E-state index in [9.17, 15) is 0 Å². The monoisotopic (exact) mass is 219 g/mol. The molecule has 1 aromatic heterocycles. The van der Waals surface area contributed by atoms with Crippen molar-refractivity contribution in [1.29, 1.82) is 0 Å². The Labute approximate surface area is 93.0 Å². The van der Waals surface area contributed by atoms with Gasteiger partial charge in [-0.15, -0.1) is 11.3 Å². The van der Waals surface area contributed by atoms with Crippen LogP contribution in [0.15, 0.2) is 29.6 Å². The number of nitrogen functional groups attached to an aromatic ring is 1. The number of aryl methyl sites for hydroxylation is 1. The molecule has 0 saturated carbocycles. The summed E-state index contributed by atoms with van der Waals surface area (Å²) in [7, 11) is 0. The van der Waals surface area contributed by atoms with Crippen LogP contribution in [-0.4, -0.2) is 4.98 Å². The third kappa shape index (κ3) is 2.70. The predicted octanol–water partition coefficient (Wildman–Crippen LogP) is 2.65. The van der Waals surface area contributed by atoms with Crippen LogP contribution in [0.4, 0.5) is 11.4 Å². The Morgan fingerprint density at radius 3 is 3.00 bits per heavy atom. The van der Waals surface area contributed by atoms with Crippen molar-refractivity contribution >= 4 is 22.7 Å². The van der Waals surface area contributed by atoms with Crippen molar-refractivity contribution < 1.29 is 0 Å². The van der Waals surface area contributed by atoms with Crippen LogP contribution in [0.5, 0.6) is 0 Å². The lowest BCUT2D eigenvalue weighted by Crippen LogP contribution is -1.99. The highest BCUT2D eigenvalue weighted by Gasteiger charge is 1.98. The van der Waals surface area contributed by atoms with E-state index in [0.29, 0.717) is 0 Å². The summed E-state index contributed by atoms with van der Waals surface area (Å²) in [5.74, 6) is 0. The maximum Gasteiger partial charge on any atom is 0.112 e. The lowest BCUT2D eigenvalue weighted by molar-refractivity contribution is 1.08. The van der Waals surface area contributed by atoms with Gasteiger partial charge in [0.25, 0.3) is 0 Å². The fourth-order valence-electron chi connectivity index (χ4n) is 1.31. The van der Waals surface area contributed by atoms with Gasteiger partial charge in [-0.1, -0.05) is 6.07 Å². The van der Waals surface area contributed by atoms with Gasteiger partial charge in [0, 0.05) is 22.4 Å². The minimum absolute atomic E-state index is 0.752. The SMILES string of the molecule is Cc1csc(CNc2cccc(N)c2)n1. The zero-order chi connectivity index (χ0) is 10.7. The number of anilines is 2. The maximum absolute atomic E-state index is 5.68. The second-order valence-corrected chi connectivity index (χ2v) is 4.30. The summed E-state index contributed by atoms with van der Waals surface area (Å²) < 4.78 is 0. The molecule has 0 aliphatic carbocycles. The highest BCUT2D eigenvalue weighted by atomic mass is 32.1. The number of nitrogens with zero attached hydrogens (tertiary/aromatic N) is 1. The van der Waals surface area contributed by atoms with Crippen LogP contribution in [0.1, 0.15) is 10.7 Å². The summed E-state index contributed by atoms with van der Waals surface area (Å²) >= 11 is 1.67. The molecule has 3 N–H and O–H groups in total.